The summed E-state index contributed by atoms with van der Waals surface area (Å²) in [6.07, 6.45) is 5.13. The highest BCUT2D eigenvalue weighted by molar-refractivity contribution is 7.92. The lowest BCUT2D eigenvalue weighted by atomic mass is 9.95. The molecule has 9 heteroatoms. The van der Waals surface area contributed by atoms with Crippen LogP contribution in [0.3, 0.4) is 0 Å². The molecule has 0 aliphatic heterocycles. The summed E-state index contributed by atoms with van der Waals surface area (Å²) in [6, 6.07) is 18.4. The first-order chi connectivity index (χ1) is 20.0. The Morgan fingerprint density at radius 2 is 1.60 bits per heavy atom. The third kappa shape index (κ3) is 7.53. The maximum Gasteiger partial charge on any atom is 0.264 e. The number of benzene rings is 3. The highest BCUT2D eigenvalue weighted by Gasteiger charge is 2.34. The van der Waals surface area contributed by atoms with Gasteiger partial charge < -0.3 is 10.2 Å². The van der Waals surface area contributed by atoms with Gasteiger partial charge in [0, 0.05) is 17.6 Å². The van der Waals surface area contributed by atoms with Crippen LogP contribution in [0.25, 0.3) is 0 Å². The molecule has 0 heterocycles. The minimum absolute atomic E-state index is 0.0730. The van der Waals surface area contributed by atoms with Gasteiger partial charge in [-0.3, -0.25) is 13.9 Å². The second-order valence-corrected chi connectivity index (χ2v) is 13.5. The number of rotatable bonds is 10. The molecule has 42 heavy (non-hydrogen) atoms. The number of nitrogens with zero attached hydrogens (tertiary/aromatic N) is 2. The SMILES string of the molecule is Cc1ccc(S(=O)(=O)N(CC(=O)N(Cc2ccccc2C)[C@H](C)C(=O)NC2CCCCC2)c2ccc(Cl)cc2C)cc1. The average molecular weight is 610 g/mol. The van der Waals surface area contributed by atoms with Gasteiger partial charge in [0.2, 0.25) is 11.8 Å². The van der Waals surface area contributed by atoms with Crippen LogP contribution in [0, 0.1) is 20.8 Å². The molecule has 1 atom stereocenters. The maximum absolute atomic E-state index is 14.2. The Morgan fingerprint density at radius 1 is 0.929 bits per heavy atom. The van der Waals surface area contributed by atoms with Crippen LogP contribution in [0.5, 0.6) is 0 Å². The standard InChI is InChI=1S/C33H40ClN3O4S/c1-23-14-17-30(18-15-23)42(40,41)37(31-19-16-28(34)20-25(31)3)22-32(38)36(21-27-11-9-8-10-24(27)2)26(4)33(39)35-29-12-6-5-7-13-29/h8-11,14-20,26,29H,5-7,12-13,21-22H2,1-4H3,(H,35,39)/t26-/m1/s1. The van der Waals surface area contributed by atoms with E-state index in [0.717, 1.165) is 53.1 Å². The van der Waals surface area contributed by atoms with Gasteiger partial charge in [-0.2, -0.15) is 0 Å². The zero-order chi connectivity index (χ0) is 30.4. The van der Waals surface area contributed by atoms with Gasteiger partial charge in [0.15, 0.2) is 0 Å². The second-order valence-electron chi connectivity index (χ2n) is 11.2. The predicted octanol–water partition coefficient (Wildman–Crippen LogP) is 6.33. The quantitative estimate of drug-likeness (QED) is 0.291. The molecule has 7 nitrogen and oxygen atoms in total. The van der Waals surface area contributed by atoms with Crippen molar-refractivity contribution in [3.63, 3.8) is 0 Å². The van der Waals surface area contributed by atoms with Gasteiger partial charge in [0.1, 0.15) is 12.6 Å². The lowest BCUT2D eigenvalue weighted by Gasteiger charge is -2.34. The van der Waals surface area contributed by atoms with Crippen molar-refractivity contribution in [3.8, 4) is 0 Å². The van der Waals surface area contributed by atoms with E-state index in [1.54, 1.807) is 56.3 Å². The number of hydrogen-bond acceptors (Lipinski definition) is 4. The first kappa shape index (κ1) is 31.6. The molecule has 224 valence electrons. The molecule has 0 radical (unpaired) electrons. The normalized spacial score (nSPS) is 14.7. The van der Waals surface area contributed by atoms with Crippen molar-refractivity contribution in [2.24, 2.45) is 0 Å². The number of carbonyl (C=O) groups excluding carboxylic acids is 2. The average Bonchev–Trinajstić information content (AvgIpc) is 2.96. The van der Waals surface area contributed by atoms with Crippen molar-refractivity contribution >= 4 is 39.1 Å². The molecule has 0 unspecified atom stereocenters. The molecule has 1 N–H and O–H groups in total. The van der Waals surface area contributed by atoms with Crippen LogP contribution in [-0.4, -0.2) is 43.8 Å². The number of amides is 2. The van der Waals surface area contributed by atoms with Gasteiger partial charge in [-0.25, -0.2) is 8.42 Å². The van der Waals surface area contributed by atoms with E-state index >= 15 is 0 Å². The summed E-state index contributed by atoms with van der Waals surface area (Å²) >= 11 is 6.20. The van der Waals surface area contributed by atoms with Crippen LogP contribution in [-0.2, 0) is 26.2 Å². The summed E-state index contributed by atoms with van der Waals surface area (Å²) in [7, 11) is -4.14. The molecule has 0 aromatic heterocycles. The van der Waals surface area contributed by atoms with E-state index in [9.17, 15) is 18.0 Å². The molecule has 1 fully saturated rings. The van der Waals surface area contributed by atoms with Gasteiger partial charge in [-0.05, 0) is 87.6 Å². The number of carbonyl (C=O) groups is 2. The zero-order valence-electron chi connectivity index (χ0n) is 24.8. The molecule has 0 bridgehead atoms. The van der Waals surface area contributed by atoms with Crippen LogP contribution in [0.2, 0.25) is 5.02 Å². The predicted molar refractivity (Wildman–Crippen MR) is 168 cm³/mol. The van der Waals surface area contributed by atoms with Crippen LogP contribution in [0.4, 0.5) is 5.69 Å². The fourth-order valence-corrected chi connectivity index (χ4v) is 7.08. The Balaban J connectivity index is 1.71. The fourth-order valence-electron chi connectivity index (χ4n) is 5.37. The van der Waals surface area contributed by atoms with E-state index in [1.165, 1.54) is 4.90 Å². The van der Waals surface area contributed by atoms with Crippen molar-refractivity contribution in [1.29, 1.82) is 0 Å². The summed E-state index contributed by atoms with van der Waals surface area (Å²) in [4.78, 5) is 29.2. The van der Waals surface area contributed by atoms with Crippen LogP contribution >= 0.6 is 11.6 Å². The Labute approximate surface area is 254 Å². The van der Waals surface area contributed by atoms with Crippen molar-refractivity contribution < 1.29 is 18.0 Å². The molecule has 0 saturated heterocycles. The van der Waals surface area contributed by atoms with Gasteiger partial charge >= 0.3 is 0 Å². The summed E-state index contributed by atoms with van der Waals surface area (Å²) in [5, 5.41) is 3.60. The molecule has 1 saturated carbocycles. The van der Waals surface area contributed by atoms with E-state index in [2.05, 4.69) is 5.32 Å². The number of sulfonamides is 1. The Morgan fingerprint density at radius 3 is 2.24 bits per heavy atom. The third-order valence-corrected chi connectivity index (χ3v) is 10.0. The van der Waals surface area contributed by atoms with E-state index in [1.807, 2.05) is 38.1 Å². The minimum atomic E-state index is -4.14. The summed E-state index contributed by atoms with van der Waals surface area (Å²) in [5.41, 5.74) is 3.75. The highest BCUT2D eigenvalue weighted by atomic mass is 35.5. The lowest BCUT2D eigenvalue weighted by Crippen LogP contribution is -2.53. The summed E-state index contributed by atoms with van der Waals surface area (Å²) in [6.45, 7) is 6.99. The highest BCUT2D eigenvalue weighted by Crippen LogP contribution is 2.30. The van der Waals surface area contributed by atoms with Gasteiger partial charge in [0.05, 0.1) is 10.6 Å². The monoisotopic (exact) mass is 609 g/mol. The third-order valence-electron chi connectivity index (χ3n) is 8.04. The summed E-state index contributed by atoms with van der Waals surface area (Å²) in [5.74, 6) is -0.714. The number of anilines is 1. The smallest absolute Gasteiger partial charge is 0.264 e. The van der Waals surface area contributed by atoms with Crippen molar-refractivity contribution in [2.75, 3.05) is 10.8 Å². The zero-order valence-corrected chi connectivity index (χ0v) is 26.3. The largest absolute Gasteiger partial charge is 0.352 e. The molecule has 0 spiro atoms. The molecule has 1 aliphatic carbocycles. The molecular formula is C33H40ClN3O4S. The van der Waals surface area contributed by atoms with Crippen LogP contribution in [0.1, 0.15) is 61.3 Å². The number of nitrogens with one attached hydrogen (secondary N) is 1. The first-order valence-electron chi connectivity index (χ1n) is 14.5. The number of aryl methyl sites for hydroxylation is 3. The summed E-state index contributed by atoms with van der Waals surface area (Å²) < 4.78 is 29.2. The molecule has 2 amide bonds. The van der Waals surface area contributed by atoms with E-state index in [4.69, 9.17) is 11.6 Å². The number of hydrogen-bond donors (Lipinski definition) is 1. The molecule has 3 aromatic carbocycles. The minimum Gasteiger partial charge on any atom is -0.352 e. The molecule has 1 aliphatic rings. The van der Waals surface area contributed by atoms with Gasteiger partial charge in [-0.15, -0.1) is 0 Å². The van der Waals surface area contributed by atoms with E-state index in [0.29, 0.717) is 16.3 Å². The number of halogens is 1. The van der Waals surface area contributed by atoms with Gasteiger partial charge in [-0.1, -0.05) is 72.8 Å². The Hall–Kier alpha value is -3.36. The van der Waals surface area contributed by atoms with Crippen LogP contribution < -0.4 is 9.62 Å². The molecular weight excluding hydrogens is 570 g/mol. The van der Waals surface area contributed by atoms with E-state index in [-0.39, 0.29) is 23.4 Å². The molecule has 3 aromatic rings. The van der Waals surface area contributed by atoms with Crippen molar-refractivity contribution in [3.05, 3.63) is 94.0 Å². The van der Waals surface area contributed by atoms with Crippen molar-refractivity contribution in [2.45, 2.75) is 83.3 Å². The second kappa shape index (κ2) is 13.7. The molecule has 4 rings (SSSR count). The maximum atomic E-state index is 14.2. The first-order valence-corrected chi connectivity index (χ1v) is 16.3. The topological polar surface area (TPSA) is 86.8 Å². The Bertz CT molecular complexity index is 1520. The van der Waals surface area contributed by atoms with Crippen LogP contribution in [0.15, 0.2) is 71.6 Å². The Kier molecular flexibility index (Phi) is 10.3. The van der Waals surface area contributed by atoms with Gasteiger partial charge in [0.25, 0.3) is 10.0 Å². The lowest BCUT2D eigenvalue weighted by molar-refractivity contribution is -0.139. The van der Waals surface area contributed by atoms with E-state index < -0.39 is 28.5 Å². The van der Waals surface area contributed by atoms with Crippen molar-refractivity contribution in [1.82, 2.24) is 10.2 Å². The fraction of sp³-hybridized carbons (Fsp3) is 0.394.